The number of aliphatic hydroxyl groups excluding tert-OH is 1. The van der Waals surface area contributed by atoms with E-state index in [1.165, 1.54) is 12.1 Å². The molecule has 102 valence electrons. The van der Waals surface area contributed by atoms with E-state index in [0.29, 0.717) is 18.5 Å². The lowest BCUT2D eigenvalue weighted by Crippen LogP contribution is -2.44. The minimum atomic E-state index is -0.588. The number of nitrogens with zero attached hydrogens (tertiary/aromatic N) is 2. The molecule has 2 saturated heterocycles. The molecule has 2 aliphatic heterocycles. The number of aliphatic hydroxyl groups is 1. The third-order valence-corrected chi connectivity index (χ3v) is 4.08. The van der Waals surface area contributed by atoms with Crippen molar-refractivity contribution in [2.75, 3.05) is 4.90 Å². The zero-order chi connectivity index (χ0) is 13.6. The van der Waals surface area contributed by atoms with Crippen molar-refractivity contribution in [1.82, 2.24) is 0 Å². The lowest BCUT2D eigenvalue weighted by molar-refractivity contribution is -0.385. The summed E-state index contributed by atoms with van der Waals surface area (Å²) in [6.07, 6.45) is 2.90. The maximum Gasteiger partial charge on any atom is 0.274 e. The van der Waals surface area contributed by atoms with E-state index in [-0.39, 0.29) is 23.9 Å². The van der Waals surface area contributed by atoms with Crippen LogP contribution in [0.3, 0.4) is 0 Å². The highest BCUT2D eigenvalue weighted by atomic mass is 19.1. The number of piperidine rings is 1. The number of halogens is 1. The van der Waals surface area contributed by atoms with Crippen molar-refractivity contribution in [3.8, 4) is 0 Å². The van der Waals surface area contributed by atoms with Gasteiger partial charge in [-0.15, -0.1) is 0 Å². The van der Waals surface area contributed by atoms with Gasteiger partial charge >= 0.3 is 0 Å². The number of anilines is 1. The molecule has 2 atom stereocenters. The minimum absolute atomic E-state index is 0.162. The van der Waals surface area contributed by atoms with Crippen LogP contribution in [-0.4, -0.2) is 28.2 Å². The van der Waals surface area contributed by atoms with Gasteiger partial charge in [-0.2, -0.15) is 0 Å². The van der Waals surface area contributed by atoms with Crippen LogP contribution >= 0.6 is 0 Å². The van der Waals surface area contributed by atoms with Gasteiger partial charge in [0.05, 0.1) is 17.1 Å². The summed E-state index contributed by atoms with van der Waals surface area (Å²) in [5.74, 6) is -0.588. The quantitative estimate of drug-likeness (QED) is 0.658. The number of rotatable bonds is 2. The predicted octanol–water partition coefficient (Wildman–Crippen LogP) is 2.23. The van der Waals surface area contributed by atoms with E-state index in [9.17, 15) is 19.6 Å². The summed E-state index contributed by atoms with van der Waals surface area (Å²) in [4.78, 5) is 12.3. The predicted molar refractivity (Wildman–Crippen MR) is 67.6 cm³/mol. The van der Waals surface area contributed by atoms with Crippen molar-refractivity contribution < 1.29 is 14.4 Å². The van der Waals surface area contributed by atoms with Crippen LogP contribution in [0.1, 0.15) is 25.7 Å². The Bertz CT molecular complexity index is 509. The Morgan fingerprint density at radius 2 is 1.89 bits per heavy atom. The van der Waals surface area contributed by atoms with Gasteiger partial charge in [-0.05, 0) is 31.7 Å². The van der Waals surface area contributed by atoms with Crippen LogP contribution in [0.2, 0.25) is 0 Å². The maximum atomic E-state index is 13.5. The van der Waals surface area contributed by atoms with Crippen LogP contribution in [0, 0.1) is 15.9 Å². The van der Waals surface area contributed by atoms with Gasteiger partial charge < -0.3 is 10.0 Å². The molecular weight excluding hydrogens is 251 g/mol. The van der Waals surface area contributed by atoms with E-state index >= 15 is 0 Å². The van der Waals surface area contributed by atoms with E-state index in [1.807, 2.05) is 4.90 Å². The zero-order valence-corrected chi connectivity index (χ0v) is 10.3. The van der Waals surface area contributed by atoms with Crippen molar-refractivity contribution in [2.45, 2.75) is 43.9 Å². The molecule has 2 heterocycles. The number of non-ortho nitro benzene ring substituents is 1. The van der Waals surface area contributed by atoms with Gasteiger partial charge in [-0.25, -0.2) is 4.39 Å². The smallest absolute Gasteiger partial charge is 0.274 e. The molecule has 0 aromatic heterocycles. The van der Waals surface area contributed by atoms with Crippen molar-refractivity contribution in [3.63, 3.8) is 0 Å². The number of nitro groups is 1. The second-order valence-corrected chi connectivity index (χ2v) is 5.34. The molecule has 2 aliphatic rings. The van der Waals surface area contributed by atoms with Crippen LogP contribution in [0.25, 0.3) is 0 Å². The van der Waals surface area contributed by atoms with E-state index in [1.54, 1.807) is 0 Å². The Morgan fingerprint density at radius 3 is 2.47 bits per heavy atom. The fourth-order valence-electron chi connectivity index (χ4n) is 3.38. The molecule has 0 saturated carbocycles. The lowest BCUT2D eigenvalue weighted by atomic mass is 9.99. The summed E-state index contributed by atoms with van der Waals surface area (Å²) in [6, 6.07) is 4.03. The van der Waals surface area contributed by atoms with Crippen LogP contribution in [0.15, 0.2) is 18.2 Å². The maximum absolute atomic E-state index is 13.5. The van der Waals surface area contributed by atoms with Gasteiger partial charge in [0.25, 0.3) is 5.69 Å². The Labute approximate surface area is 109 Å². The van der Waals surface area contributed by atoms with Gasteiger partial charge in [0.1, 0.15) is 5.82 Å². The molecule has 1 aromatic carbocycles. The lowest BCUT2D eigenvalue weighted by Gasteiger charge is -2.38. The first-order chi connectivity index (χ1) is 9.04. The summed E-state index contributed by atoms with van der Waals surface area (Å²) in [6.45, 7) is 0. The van der Waals surface area contributed by atoms with Gasteiger partial charge in [0.15, 0.2) is 0 Å². The third kappa shape index (κ3) is 2.16. The minimum Gasteiger partial charge on any atom is -0.393 e. The molecule has 0 amide bonds. The number of nitro benzene ring substituents is 1. The van der Waals surface area contributed by atoms with Gasteiger partial charge in [-0.1, -0.05) is 0 Å². The Balaban J connectivity index is 1.96. The Kier molecular flexibility index (Phi) is 2.89. The van der Waals surface area contributed by atoms with E-state index in [0.717, 1.165) is 18.9 Å². The van der Waals surface area contributed by atoms with Crippen molar-refractivity contribution in [2.24, 2.45) is 0 Å². The van der Waals surface area contributed by atoms with Crippen LogP contribution in [-0.2, 0) is 0 Å². The second-order valence-electron chi connectivity index (χ2n) is 5.34. The molecule has 2 bridgehead atoms. The van der Waals surface area contributed by atoms with Crippen molar-refractivity contribution >= 4 is 11.4 Å². The third-order valence-electron chi connectivity index (χ3n) is 4.08. The first kappa shape index (κ1) is 12.3. The molecular formula is C13H15FN2O3. The highest BCUT2D eigenvalue weighted by Crippen LogP contribution is 2.40. The molecule has 0 radical (unpaired) electrons. The van der Waals surface area contributed by atoms with Gasteiger partial charge in [0.2, 0.25) is 0 Å². The summed E-state index contributed by atoms with van der Waals surface area (Å²) >= 11 is 0. The molecule has 19 heavy (non-hydrogen) atoms. The Morgan fingerprint density at radius 1 is 1.26 bits per heavy atom. The van der Waals surface area contributed by atoms with E-state index in [2.05, 4.69) is 0 Å². The summed E-state index contributed by atoms with van der Waals surface area (Å²) in [5, 5.41) is 20.5. The standard InChI is InChI=1S/C13H15FN2O3/c14-8-3-11(5-12(4-8)16(18)19)15-9-1-2-10(15)7-13(17)6-9/h3-5,9-10,13,17H,1-2,6-7H2. The van der Waals surface area contributed by atoms with Crippen LogP contribution in [0.4, 0.5) is 15.8 Å². The highest BCUT2D eigenvalue weighted by Gasteiger charge is 2.40. The van der Waals surface area contributed by atoms with Gasteiger partial charge in [-0.3, -0.25) is 10.1 Å². The highest BCUT2D eigenvalue weighted by molar-refractivity contribution is 5.56. The molecule has 1 N–H and O–H groups in total. The first-order valence-corrected chi connectivity index (χ1v) is 6.46. The monoisotopic (exact) mass is 266 g/mol. The van der Waals surface area contributed by atoms with Crippen LogP contribution in [0.5, 0.6) is 0 Å². The fourth-order valence-corrected chi connectivity index (χ4v) is 3.38. The summed E-state index contributed by atoms with van der Waals surface area (Å²) < 4.78 is 13.5. The number of hydrogen-bond donors (Lipinski definition) is 1. The molecule has 0 aliphatic carbocycles. The number of fused-ring (bicyclic) bond motifs is 2. The number of benzene rings is 1. The van der Waals surface area contributed by atoms with Crippen LogP contribution < -0.4 is 4.90 Å². The average Bonchev–Trinajstić information content (AvgIpc) is 2.61. The summed E-state index contributed by atoms with van der Waals surface area (Å²) in [5.41, 5.74) is 0.339. The Hall–Kier alpha value is -1.69. The molecule has 0 spiro atoms. The van der Waals surface area contributed by atoms with E-state index in [4.69, 9.17) is 0 Å². The number of hydrogen-bond acceptors (Lipinski definition) is 4. The van der Waals surface area contributed by atoms with Crippen molar-refractivity contribution in [1.29, 1.82) is 0 Å². The molecule has 3 rings (SSSR count). The average molecular weight is 266 g/mol. The molecule has 2 unspecified atom stereocenters. The van der Waals surface area contributed by atoms with Crippen molar-refractivity contribution in [3.05, 3.63) is 34.1 Å². The molecule has 2 fully saturated rings. The largest absolute Gasteiger partial charge is 0.393 e. The zero-order valence-electron chi connectivity index (χ0n) is 10.3. The van der Waals surface area contributed by atoms with E-state index < -0.39 is 10.7 Å². The second kappa shape index (κ2) is 4.45. The molecule has 6 heteroatoms. The molecule has 1 aromatic rings. The fraction of sp³-hybridized carbons (Fsp3) is 0.538. The summed E-state index contributed by atoms with van der Waals surface area (Å²) in [7, 11) is 0. The van der Waals surface area contributed by atoms with Gasteiger partial charge in [0, 0.05) is 23.8 Å². The molecule has 5 nitrogen and oxygen atoms in total. The topological polar surface area (TPSA) is 66.6 Å². The first-order valence-electron chi connectivity index (χ1n) is 6.46. The SMILES string of the molecule is O=[N+]([O-])c1cc(F)cc(N2C3CCC2CC(O)C3)c1. The normalized spacial score (nSPS) is 29.6.